The summed E-state index contributed by atoms with van der Waals surface area (Å²) in [5.74, 6) is 0.247. The van der Waals surface area contributed by atoms with E-state index in [1.165, 1.54) is 12.1 Å². The highest BCUT2D eigenvalue weighted by Crippen LogP contribution is 2.24. The van der Waals surface area contributed by atoms with Crippen LogP contribution in [0.4, 0.5) is 4.39 Å². The van der Waals surface area contributed by atoms with Gasteiger partial charge in [0, 0.05) is 18.7 Å². The summed E-state index contributed by atoms with van der Waals surface area (Å²) in [7, 11) is 0. The summed E-state index contributed by atoms with van der Waals surface area (Å²) in [5, 5.41) is 13.3. The minimum absolute atomic E-state index is 0.100. The first-order chi connectivity index (χ1) is 9.49. The Kier molecular flexibility index (Phi) is 4.96. The van der Waals surface area contributed by atoms with Crippen LogP contribution in [0.5, 0.6) is 5.75 Å². The van der Waals surface area contributed by atoms with Crippen LogP contribution in [-0.4, -0.2) is 42.6 Å². The Morgan fingerprint density at radius 3 is 2.80 bits per heavy atom. The van der Waals surface area contributed by atoms with Crippen LogP contribution in [0.2, 0.25) is 0 Å². The van der Waals surface area contributed by atoms with Crippen LogP contribution in [0.25, 0.3) is 0 Å². The van der Waals surface area contributed by atoms with Gasteiger partial charge in [0.25, 0.3) is 0 Å². The second-order valence-electron chi connectivity index (χ2n) is 5.48. The quantitative estimate of drug-likeness (QED) is 0.834. The molecular formula is C15H22FNO3. The Bertz CT molecular complexity index is 426. The molecule has 1 saturated heterocycles. The van der Waals surface area contributed by atoms with Gasteiger partial charge in [-0.25, -0.2) is 4.39 Å². The highest BCUT2D eigenvalue weighted by molar-refractivity contribution is 5.22. The van der Waals surface area contributed by atoms with E-state index in [-0.39, 0.29) is 24.1 Å². The van der Waals surface area contributed by atoms with E-state index in [0.717, 1.165) is 13.0 Å². The summed E-state index contributed by atoms with van der Waals surface area (Å²) in [5.41, 5.74) is -0.100. The average Bonchev–Trinajstić information content (AvgIpc) is 2.76. The second kappa shape index (κ2) is 6.52. The molecule has 0 saturated carbocycles. The summed E-state index contributed by atoms with van der Waals surface area (Å²) in [6.07, 6.45) is 0.442. The predicted molar refractivity (Wildman–Crippen MR) is 74.3 cm³/mol. The molecule has 5 heteroatoms. The smallest absolute Gasteiger partial charge is 0.123 e. The molecule has 3 unspecified atom stereocenters. The zero-order valence-corrected chi connectivity index (χ0v) is 11.9. The van der Waals surface area contributed by atoms with Crippen molar-refractivity contribution in [2.75, 3.05) is 19.8 Å². The summed E-state index contributed by atoms with van der Waals surface area (Å²) in [6.45, 7) is 5.47. The number of halogens is 1. The Hall–Kier alpha value is -1.17. The van der Waals surface area contributed by atoms with Crippen molar-refractivity contribution in [1.29, 1.82) is 0 Å². The standard InChI is InChI=1S/C15H22FNO3/c1-11-15(2,7-8-19-11)17-9-13(18)10-20-14-5-3-12(16)4-6-14/h3-6,11,13,17-18H,7-10H2,1-2H3. The maximum atomic E-state index is 12.7. The number of hydrogen-bond donors (Lipinski definition) is 2. The van der Waals surface area contributed by atoms with Crippen molar-refractivity contribution in [3.05, 3.63) is 30.1 Å². The largest absolute Gasteiger partial charge is 0.491 e. The first-order valence-corrected chi connectivity index (χ1v) is 6.93. The zero-order chi connectivity index (χ0) is 14.6. The predicted octanol–water partition coefficient (Wildman–Crippen LogP) is 1.72. The summed E-state index contributed by atoms with van der Waals surface area (Å²) < 4.78 is 23.7. The first-order valence-electron chi connectivity index (χ1n) is 6.93. The molecule has 2 rings (SSSR count). The third kappa shape index (κ3) is 3.91. The molecule has 0 spiro atoms. The number of β-amino-alcohol motifs (C(OH)–C–C–N with tert-alkyl or cyclic N) is 1. The Balaban J connectivity index is 1.73. The van der Waals surface area contributed by atoms with Crippen molar-refractivity contribution in [3.63, 3.8) is 0 Å². The van der Waals surface area contributed by atoms with Crippen LogP contribution in [0.15, 0.2) is 24.3 Å². The number of benzene rings is 1. The molecule has 4 nitrogen and oxygen atoms in total. The number of ether oxygens (including phenoxy) is 2. The van der Waals surface area contributed by atoms with E-state index in [1.54, 1.807) is 12.1 Å². The fourth-order valence-corrected chi connectivity index (χ4v) is 2.20. The van der Waals surface area contributed by atoms with Gasteiger partial charge in [-0.3, -0.25) is 0 Å². The minimum Gasteiger partial charge on any atom is -0.491 e. The maximum Gasteiger partial charge on any atom is 0.123 e. The molecule has 1 aromatic carbocycles. The maximum absolute atomic E-state index is 12.7. The Labute approximate surface area is 118 Å². The van der Waals surface area contributed by atoms with E-state index >= 15 is 0 Å². The van der Waals surface area contributed by atoms with E-state index in [9.17, 15) is 9.50 Å². The molecule has 0 bridgehead atoms. The van der Waals surface area contributed by atoms with Crippen LogP contribution in [0.1, 0.15) is 20.3 Å². The van der Waals surface area contributed by atoms with Crippen molar-refractivity contribution >= 4 is 0 Å². The molecule has 0 amide bonds. The lowest BCUT2D eigenvalue weighted by molar-refractivity contribution is 0.0686. The van der Waals surface area contributed by atoms with E-state index in [0.29, 0.717) is 12.3 Å². The zero-order valence-electron chi connectivity index (χ0n) is 11.9. The summed E-state index contributed by atoms with van der Waals surface area (Å²) >= 11 is 0. The van der Waals surface area contributed by atoms with E-state index in [1.807, 2.05) is 6.92 Å². The highest BCUT2D eigenvalue weighted by atomic mass is 19.1. The third-order valence-corrected chi connectivity index (χ3v) is 3.88. The normalized spacial score (nSPS) is 27.5. The third-order valence-electron chi connectivity index (χ3n) is 3.88. The molecule has 0 aliphatic carbocycles. The molecule has 1 heterocycles. The van der Waals surface area contributed by atoms with Crippen LogP contribution >= 0.6 is 0 Å². The van der Waals surface area contributed by atoms with Gasteiger partial charge in [-0.2, -0.15) is 0 Å². The molecule has 1 aliphatic heterocycles. The summed E-state index contributed by atoms with van der Waals surface area (Å²) in [4.78, 5) is 0. The number of hydrogen-bond acceptors (Lipinski definition) is 4. The number of nitrogens with one attached hydrogen (secondary N) is 1. The molecule has 112 valence electrons. The van der Waals surface area contributed by atoms with Crippen molar-refractivity contribution in [1.82, 2.24) is 5.32 Å². The van der Waals surface area contributed by atoms with E-state index < -0.39 is 6.10 Å². The van der Waals surface area contributed by atoms with E-state index in [2.05, 4.69) is 12.2 Å². The van der Waals surface area contributed by atoms with Gasteiger partial charge in [-0.05, 0) is 44.5 Å². The van der Waals surface area contributed by atoms with Crippen molar-refractivity contribution in [2.45, 2.75) is 38.0 Å². The lowest BCUT2D eigenvalue weighted by Gasteiger charge is -2.30. The van der Waals surface area contributed by atoms with Gasteiger partial charge >= 0.3 is 0 Å². The lowest BCUT2D eigenvalue weighted by atomic mass is 9.94. The van der Waals surface area contributed by atoms with Crippen LogP contribution in [-0.2, 0) is 4.74 Å². The number of rotatable bonds is 6. The SMILES string of the molecule is CC1OCCC1(C)NCC(O)COc1ccc(F)cc1. The van der Waals surface area contributed by atoms with E-state index in [4.69, 9.17) is 9.47 Å². The highest BCUT2D eigenvalue weighted by Gasteiger charge is 2.36. The molecule has 1 fully saturated rings. The first kappa shape index (κ1) is 15.2. The number of aliphatic hydroxyl groups excluding tert-OH is 1. The van der Waals surface area contributed by atoms with Gasteiger partial charge in [0.2, 0.25) is 0 Å². The Morgan fingerprint density at radius 2 is 2.20 bits per heavy atom. The van der Waals surface area contributed by atoms with Gasteiger partial charge in [-0.15, -0.1) is 0 Å². The fourth-order valence-electron chi connectivity index (χ4n) is 2.20. The molecule has 0 aromatic heterocycles. The molecule has 1 aromatic rings. The topological polar surface area (TPSA) is 50.7 Å². The molecule has 0 radical (unpaired) electrons. The Morgan fingerprint density at radius 1 is 1.50 bits per heavy atom. The van der Waals surface area contributed by atoms with Crippen LogP contribution < -0.4 is 10.1 Å². The van der Waals surface area contributed by atoms with Gasteiger partial charge in [0.1, 0.15) is 24.3 Å². The molecule has 3 atom stereocenters. The minimum atomic E-state index is -0.621. The molecule has 20 heavy (non-hydrogen) atoms. The van der Waals surface area contributed by atoms with Crippen LogP contribution in [0.3, 0.4) is 0 Å². The van der Waals surface area contributed by atoms with Gasteiger partial charge in [-0.1, -0.05) is 0 Å². The average molecular weight is 283 g/mol. The van der Waals surface area contributed by atoms with Gasteiger partial charge in [0.05, 0.1) is 6.10 Å². The fraction of sp³-hybridized carbons (Fsp3) is 0.600. The van der Waals surface area contributed by atoms with Crippen molar-refractivity contribution in [2.24, 2.45) is 0 Å². The van der Waals surface area contributed by atoms with Crippen LogP contribution in [0, 0.1) is 5.82 Å². The molecule has 1 aliphatic rings. The van der Waals surface area contributed by atoms with Crippen molar-refractivity contribution in [3.8, 4) is 5.75 Å². The second-order valence-corrected chi connectivity index (χ2v) is 5.48. The number of aliphatic hydroxyl groups is 1. The molecule has 2 N–H and O–H groups in total. The van der Waals surface area contributed by atoms with Gasteiger partial charge < -0.3 is 19.9 Å². The monoisotopic (exact) mass is 283 g/mol. The summed E-state index contributed by atoms with van der Waals surface area (Å²) in [6, 6.07) is 5.75. The van der Waals surface area contributed by atoms with Crippen molar-refractivity contribution < 1.29 is 19.0 Å². The lowest BCUT2D eigenvalue weighted by Crippen LogP contribution is -2.51. The van der Waals surface area contributed by atoms with Gasteiger partial charge in [0.15, 0.2) is 0 Å². The molecular weight excluding hydrogens is 261 g/mol.